The third-order valence-electron chi connectivity index (χ3n) is 5.15. The molecule has 4 N–H and O–H groups in total. The summed E-state index contributed by atoms with van der Waals surface area (Å²) in [7, 11) is 0. The van der Waals surface area contributed by atoms with Crippen LogP contribution in [0.5, 0.6) is 0 Å². The largest absolute Gasteiger partial charge is 0.383 e. The molecule has 2 aromatic carbocycles. The van der Waals surface area contributed by atoms with E-state index in [1.807, 2.05) is 36.4 Å². The molecule has 3 aromatic heterocycles. The summed E-state index contributed by atoms with van der Waals surface area (Å²) in [5.74, 6) is 0.488. The number of pyridine rings is 2. The number of urea groups is 1. The van der Waals surface area contributed by atoms with Gasteiger partial charge >= 0.3 is 6.03 Å². The number of thiophene rings is 1. The van der Waals surface area contributed by atoms with Gasteiger partial charge in [0.25, 0.3) is 0 Å². The number of halogens is 1. The standard InChI is InChI=1S/C25H18ClN5OS/c26-17-2-1-3-19(12-17)31-25(32)30-18-6-4-15(5-7-18)21-14-33-23-20(13-29-24(27)22(21)23)16-8-10-28-11-9-16/h1-14H,(H2,27,29)(H2,30,31,32). The van der Waals surface area contributed by atoms with Crippen molar-refractivity contribution in [1.82, 2.24) is 9.97 Å². The molecule has 0 saturated heterocycles. The Morgan fingerprint density at radius 1 is 0.909 bits per heavy atom. The van der Waals surface area contributed by atoms with Crippen LogP contribution in [0.4, 0.5) is 22.0 Å². The minimum Gasteiger partial charge on any atom is -0.383 e. The SMILES string of the molecule is Nc1ncc(-c2ccncc2)c2scc(-c3ccc(NC(=O)Nc4cccc(Cl)c4)cc3)c12. The fourth-order valence-corrected chi connectivity index (χ4v) is 4.92. The van der Waals surface area contributed by atoms with Crippen LogP contribution in [0.25, 0.3) is 32.3 Å². The highest BCUT2D eigenvalue weighted by molar-refractivity contribution is 7.18. The molecule has 0 aliphatic rings. The average Bonchev–Trinajstić information content (AvgIpc) is 3.26. The quantitative estimate of drug-likeness (QED) is 0.265. The van der Waals surface area contributed by atoms with Crippen molar-refractivity contribution in [2.45, 2.75) is 0 Å². The summed E-state index contributed by atoms with van der Waals surface area (Å²) in [6.45, 7) is 0. The summed E-state index contributed by atoms with van der Waals surface area (Å²) in [6.07, 6.45) is 5.33. The van der Waals surface area contributed by atoms with Crippen LogP contribution in [0.3, 0.4) is 0 Å². The van der Waals surface area contributed by atoms with Gasteiger partial charge < -0.3 is 16.4 Å². The van der Waals surface area contributed by atoms with Crippen LogP contribution in [0, 0.1) is 0 Å². The number of anilines is 3. The molecule has 5 aromatic rings. The first-order valence-electron chi connectivity index (χ1n) is 10.1. The second kappa shape index (κ2) is 8.90. The molecule has 0 aliphatic carbocycles. The van der Waals surface area contributed by atoms with E-state index in [-0.39, 0.29) is 6.03 Å². The van der Waals surface area contributed by atoms with E-state index in [0.29, 0.717) is 22.2 Å². The summed E-state index contributed by atoms with van der Waals surface area (Å²) < 4.78 is 1.08. The van der Waals surface area contributed by atoms with Crippen molar-refractivity contribution in [3.8, 4) is 22.3 Å². The van der Waals surface area contributed by atoms with E-state index in [2.05, 4.69) is 26.0 Å². The zero-order chi connectivity index (χ0) is 22.8. The van der Waals surface area contributed by atoms with Crippen molar-refractivity contribution in [1.29, 1.82) is 0 Å². The van der Waals surface area contributed by atoms with Crippen LogP contribution in [0.1, 0.15) is 0 Å². The number of benzene rings is 2. The second-order valence-electron chi connectivity index (χ2n) is 7.31. The first-order valence-corrected chi connectivity index (χ1v) is 11.3. The van der Waals surface area contributed by atoms with Crippen molar-refractivity contribution in [3.63, 3.8) is 0 Å². The van der Waals surface area contributed by atoms with Gasteiger partial charge in [0.05, 0.1) is 0 Å². The van der Waals surface area contributed by atoms with Crippen LogP contribution in [0.2, 0.25) is 5.02 Å². The number of nitrogen functional groups attached to an aromatic ring is 1. The number of carbonyl (C=O) groups excluding carboxylic acids is 1. The van der Waals surface area contributed by atoms with E-state index in [9.17, 15) is 4.79 Å². The minimum atomic E-state index is -0.346. The monoisotopic (exact) mass is 471 g/mol. The summed E-state index contributed by atoms with van der Waals surface area (Å²) in [4.78, 5) is 20.8. The first-order chi connectivity index (χ1) is 16.1. The van der Waals surface area contributed by atoms with Crippen molar-refractivity contribution in [2.24, 2.45) is 0 Å². The Balaban J connectivity index is 1.40. The minimum absolute atomic E-state index is 0.346. The predicted octanol–water partition coefficient (Wildman–Crippen LogP) is 6.90. The number of nitrogens with one attached hydrogen (secondary N) is 2. The Bertz CT molecular complexity index is 1450. The zero-order valence-corrected chi connectivity index (χ0v) is 18.8. The Morgan fingerprint density at radius 2 is 1.64 bits per heavy atom. The number of nitrogens with two attached hydrogens (primary N) is 1. The molecule has 0 bridgehead atoms. The van der Waals surface area contributed by atoms with Crippen LogP contribution in [-0.4, -0.2) is 16.0 Å². The summed E-state index contributed by atoms with van der Waals surface area (Å²) in [6, 6.07) is 18.2. The number of hydrogen-bond donors (Lipinski definition) is 3. The molecule has 8 heteroatoms. The van der Waals surface area contributed by atoms with Gasteiger partial charge in [-0.25, -0.2) is 9.78 Å². The van der Waals surface area contributed by atoms with Gasteiger partial charge in [-0.2, -0.15) is 0 Å². The van der Waals surface area contributed by atoms with Crippen molar-refractivity contribution in [2.75, 3.05) is 16.4 Å². The fraction of sp³-hybridized carbons (Fsp3) is 0. The molecule has 162 valence electrons. The molecule has 0 radical (unpaired) electrons. The van der Waals surface area contributed by atoms with E-state index < -0.39 is 0 Å². The lowest BCUT2D eigenvalue weighted by atomic mass is 10.0. The van der Waals surface area contributed by atoms with E-state index in [4.69, 9.17) is 17.3 Å². The highest BCUT2D eigenvalue weighted by Crippen LogP contribution is 2.41. The lowest BCUT2D eigenvalue weighted by molar-refractivity contribution is 0.262. The van der Waals surface area contributed by atoms with Crippen LogP contribution in [-0.2, 0) is 0 Å². The van der Waals surface area contributed by atoms with Crippen LogP contribution in [0.15, 0.2) is 84.6 Å². The maximum atomic E-state index is 12.3. The Morgan fingerprint density at radius 3 is 2.39 bits per heavy atom. The highest BCUT2D eigenvalue weighted by Gasteiger charge is 2.15. The molecule has 0 atom stereocenters. The first kappa shape index (κ1) is 20.9. The van der Waals surface area contributed by atoms with Gasteiger partial charge in [0.1, 0.15) is 5.82 Å². The Hall–Kier alpha value is -3.94. The smallest absolute Gasteiger partial charge is 0.323 e. The molecule has 3 heterocycles. The van der Waals surface area contributed by atoms with E-state index in [1.54, 1.807) is 54.2 Å². The summed E-state index contributed by atoms with van der Waals surface area (Å²) in [5, 5.41) is 9.16. The molecule has 0 spiro atoms. The number of carbonyl (C=O) groups is 1. The average molecular weight is 472 g/mol. The van der Waals surface area contributed by atoms with Crippen molar-refractivity contribution >= 4 is 56.2 Å². The summed E-state index contributed by atoms with van der Waals surface area (Å²) >= 11 is 7.60. The van der Waals surface area contributed by atoms with E-state index in [1.165, 1.54) is 0 Å². The molecule has 0 fully saturated rings. The van der Waals surface area contributed by atoms with Gasteiger partial charge in [0.2, 0.25) is 0 Å². The van der Waals surface area contributed by atoms with Crippen molar-refractivity contribution < 1.29 is 4.79 Å². The third kappa shape index (κ3) is 4.37. The molecule has 5 rings (SSSR count). The predicted molar refractivity (Wildman–Crippen MR) is 137 cm³/mol. The number of hydrogen-bond acceptors (Lipinski definition) is 5. The van der Waals surface area contributed by atoms with Gasteiger partial charge in [0, 0.05) is 56.2 Å². The lowest BCUT2D eigenvalue weighted by Gasteiger charge is -2.09. The van der Waals surface area contributed by atoms with Gasteiger partial charge in [-0.3, -0.25) is 4.98 Å². The summed E-state index contributed by atoms with van der Waals surface area (Å²) in [5.41, 5.74) is 11.6. The topological polar surface area (TPSA) is 92.9 Å². The number of aromatic nitrogens is 2. The van der Waals surface area contributed by atoms with Gasteiger partial charge in [0.15, 0.2) is 0 Å². The molecular formula is C25H18ClN5OS. The maximum absolute atomic E-state index is 12.3. The molecular weight excluding hydrogens is 454 g/mol. The van der Waals surface area contributed by atoms with Crippen molar-refractivity contribution in [3.05, 3.63) is 89.7 Å². The van der Waals surface area contributed by atoms with Gasteiger partial charge in [-0.15, -0.1) is 11.3 Å². The molecule has 6 nitrogen and oxygen atoms in total. The molecule has 2 amide bonds. The normalized spacial score (nSPS) is 10.8. The van der Waals surface area contributed by atoms with E-state index in [0.717, 1.165) is 32.3 Å². The Labute approximate surface area is 199 Å². The zero-order valence-electron chi connectivity index (χ0n) is 17.2. The number of amides is 2. The van der Waals surface area contributed by atoms with E-state index >= 15 is 0 Å². The van der Waals surface area contributed by atoms with Crippen LogP contribution >= 0.6 is 22.9 Å². The molecule has 0 saturated carbocycles. The second-order valence-corrected chi connectivity index (χ2v) is 8.63. The maximum Gasteiger partial charge on any atom is 0.323 e. The van der Waals surface area contributed by atoms with Gasteiger partial charge in [-0.1, -0.05) is 29.8 Å². The molecule has 0 aliphatic heterocycles. The molecule has 33 heavy (non-hydrogen) atoms. The highest BCUT2D eigenvalue weighted by atomic mass is 35.5. The Kier molecular flexibility index (Phi) is 5.64. The van der Waals surface area contributed by atoms with Gasteiger partial charge in [-0.05, 0) is 59.0 Å². The lowest BCUT2D eigenvalue weighted by Crippen LogP contribution is -2.19. The van der Waals surface area contributed by atoms with Crippen LogP contribution < -0.4 is 16.4 Å². The molecule has 0 unspecified atom stereocenters. The number of fused-ring (bicyclic) bond motifs is 1. The fourth-order valence-electron chi connectivity index (χ4n) is 3.61. The number of nitrogens with zero attached hydrogens (tertiary/aromatic N) is 2. The number of rotatable bonds is 4. The third-order valence-corrected chi connectivity index (χ3v) is 6.40.